The van der Waals surface area contributed by atoms with Crippen LogP contribution in [-0.2, 0) is 12.8 Å². The summed E-state index contributed by atoms with van der Waals surface area (Å²) in [4.78, 5) is 10.2. The lowest BCUT2D eigenvalue weighted by Crippen LogP contribution is -2.23. The van der Waals surface area contributed by atoms with Gasteiger partial charge in [-0.05, 0) is 36.5 Å². The number of rotatable bonds is 6. The van der Waals surface area contributed by atoms with Crippen LogP contribution in [0.4, 0.5) is 5.69 Å². The van der Waals surface area contributed by atoms with Crippen LogP contribution >= 0.6 is 15.9 Å². The van der Waals surface area contributed by atoms with E-state index in [1.54, 1.807) is 12.1 Å². The van der Waals surface area contributed by atoms with Gasteiger partial charge in [0.05, 0.1) is 4.92 Å². The number of hydrogen-bond acceptors (Lipinski definition) is 3. The molecule has 0 saturated carbocycles. The van der Waals surface area contributed by atoms with Crippen LogP contribution in [0.2, 0.25) is 0 Å². The van der Waals surface area contributed by atoms with Gasteiger partial charge in [0.2, 0.25) is 0 Å². The van der Waals surface area contributed by atoms with Crippen molar-refractivity contribution in [2.75, 3.05) is 0 Å². The highest BCUT2D eigenvalue weighted by Crippen LogP contribution is 2.19. The summed E-state index contributed by atoms with van der Waals surface area (Å²) in [6, 6.07) is 14.8. The largest absolute Gasteiger partial charge is 0.327 e. The lowest BCUT2D eigenvalue weighted by atomic mass is 10.00. The van der Waals surface area contributed by atoms with Crippen molar-refractivity contribution in [3.8, 4) is 0 Å². The lowest BCUT2D eigenvalue weighted by Gasteiger charge is -2.12. The quantitative estimate of drug-likeness (QED) is 0.636. The lowest BCUT2D eigenvalue weighted by molar-refractivity contribution is -0.384. The summed E-state index contributed by atoms with van der Waals surface area (Å²) in [6.07, 6.45) is 2.48. The number of halogens is 1. The zero-order valence-corrected chi connectivity index (χ0v) is 13.1. The fourth-order valence-electron chi connectivity index (χ4n) is 2.18. The molecular weight excluding hydrogens is 332 g/mol. The van der Waals surface area contributed by atoms with Gasteiger partial charge in [0.15, 0.2) is 0 Å². The first-order valence-electron chi connectivity index (χ1n) is 6.78. The third kappa shape index (κ3) is 4.65. The molecule has 0 bridgehead atoms. The molecule has 4 nitrogen and oxygen atoms in total. The molecule has 1 unspecified atom stereocenters. The van der Waals surface area contributed by atoms with E-state index in [9.17, 15) is 10.1 Å². The Labute approximate surface area is 132 Å². The molecule has 0 spiro atoms. The molecule has 0 aromatic heterocycles. The first-order valence-corrected chi connectivity index (χ1v) is 7.58. The number of non-ortho nitro benzene ring substituents is 1. The summed E-state index contributed by atoms with van der Waals surface area (Å²) in [7, 11) is 0. The minimum Gasteiger partial charge on any atom is -0.327 e. The van der Waals surface area contributed by atoms with Crippen LogP contribution in [0, 0.1) is 10.1 Å². The van der Waals surface area contributed by atoms with Crippen molar-refractivity contribution in [1.29, 1.82) is 0 Å². The average molecular weight is 349 g/mol. The van der Waals surface area contributed by atoms with Crippen LogP contribution in [0.3, 0.4) is 0 Å². The van der Waals surface area contributed by atoms with Crippen molar-refractivity contribution in [2.24, 2.45) is 5.73 Å². The number of nitro benzene ring substituents is 1. The standard InChI is InChI=1S/C16H17BrN2O2/c17-16-4-2-1-3-13(16)11-14(18)8-5-12-6-9-15(10-7-12)19(20)21/h1-4,6-7,9-10,14H,5,8,11,18H2. The molecule has 110 valence electrons. The second kappa shape index (κ2) is 7.33. The monoisotopic (exact) mass is 348 g/mol. The molecule has 0 aliphatic rings. The summed E-state index contributed by atoms with van der Waals surface area (Å²) >= 11 is 3.52. The number of hydrogen-bond donors (Lipinski definition) is 1. The van der Waals surface area contributed by atoms with Gasteiger partial charge in [-0.2, -0.15) is 0 Å². The maximum atomic E-state index is 10.6. The van der Waals surface area contributed by atoms with Crippen LogP contribution in [0.25, 0.3) is 0 Å². The Morgan fingerprint density at radius 2 is 1.81 bits per heavy atom. The minimum absolute atomic E-state index is 0.0684. The van der Waals surface area contributed by atoms with E-state index in [1.165, 1.54) is 17.7 Å². The molecule has 2 aromatic carbocycles. The van der Waals surface area contributed by atoms with Gasteiger partial charge in [-0.25, -0.2) is 0 Å². The molecule has 5 heteroatoms. The van der Waals surface area contributed by atoms with Gasteiger partial charge < -0.3 is 5.73 Å². The summed E-state index contributed by atoms with van der Waals surface area (Å²) in [5.41, 5.74) is 8.57. The molecule has 0 heterocycles. The molecule has 0 aliphatic carbocycles. The average Bonchev–Trinajstić information content (AvgIpc) is 2.48. The molecule has 2 rings (SSSR count). The van der Waals surface area contributed by atoms with E-state index in [1.807, 2.05) is 18.2 Å². The first-order chi connectivity index (χ1) is 10.1. The molecule has 0 radical (unpaired) electrons. The zero-order chi connectivity index (χ0) is 15.2. The van der Waals surface area contributed by atoms with Gasteiger partial charge >= 0.3 is 0 Å². The minimum atomic E-state index is -0.386. The van der Waals surface area contributed by atoms with Gasteiger partial charge in [-0.15, -0.1) is 0 Å². The molecule has 0 fully saturated rings. The Hall–Kier alpha value is -1.72. The fraction of sp³-hybridized carbons (Fsp3) is 0.250. The molecule has 21 heavy (non-hydrogen) atoms. The van der Waals surface area contributed by atoms with E-state index >= 15 is 0 Å². The summed E-state index contributed by atoms with van der Waals surface area (Å²) < 4.78 is 1.08. The third-order valence-corrected chi connectivity index (χ3v) is 4.16. The summed E-state index contributed by atoms with van der Waals surface area (Å²) in [5, 5.41) is 10.6. The molecule has 0 saturated heterocycles. The Balaban J connectivity index is 1.88. The zero-order valence-electron chi connectivity index (χ0n) is 11.5. The maximum absolute atomic E-state index is 10.6. The van der Waals surface area contributed by atoms with E-state index in [0.29, 0.717) is 0 Å². The fourth-order valence-corrected chi connectivity index (χ4v) is 2.63. The van der Waals surface area contributed by atoms with E-state index in [0.717, 1.165) is 29.3 Å². The number of aryl methyl sites for hydroxylation is 1. The van der Waals surface area contributed by atoms with Crippen LogP contribution in [0.1, 0.15) is 17.5 Å². The third-order valence-electron chi connectivity index (χ3n) is 3.39. The maximum Gasteiger partial charge on any atom is 0.269 e. The van der Waals surface area contributed by atoms with Crippen molar-refractivity contribution in [1.82, 2.24) is 0 Å². The van der Waals surface area contributed by atoms with Crippen molar-refractivity contribution >= 4 is 21.6 Å². The van der Waals surface area contributed by atoms with Gasteiger partial charge in [-0.3, -0.25) is 10.1 Å². The van der Waals surface area contributed by atoms with Crippen LogP contribution in [0.15, 0.2) is 53.0 Å². The molecule has 0 aliphatic heterocycles. The van der Waals surface area contributed by atoms with Crippen LogP contribution < -0.4 is 5.73 Å². The van der Waals surface area contributed by atoms with Crippen molar-refractivity contribution in [2.45, 2.75) is 25.3 Å². The van der Waals surface area contributed by atoms with E-state index < -0.39 is 0 Å². The predicted molar refractivity (Wildman–Crippen MR) is 87.2 cm³/mol. The first kappa shape index (κ1) is 15.7. The van der Waals surface area contributed by atoms with Gasteiger partial charge in [-0.1, -0.05) is 46.3 Å². The van der Waals surface area contributed by atoms with E-state index in [4.69, 9.17) is 5.73 Å². The summed E-state index contributed by atoms with van der Waals surface area (Å²) in [5.74, 6) is 0. The van der Waals surface area contributed by atoms with Crippen LogP contribution in [-0.4, -0.2) is 11.0 Å². The smallest absolute Gasteiger partial charge is 0.269 e. The molecule has 1 atom stereocenters. The Kier molecular flexibility index (Phi) is 5.47. The molecule has 2 aromatic rings. The predicted octanol–water partition coefficient (Wildman–Crippen LogP) is 3.86. The van der Waals surface area contributed by atoms with Crippen LogP contribution in [0.5, 0.6) is 0 Å². The highest BCUT2D eigenvalue weighted by Gasteiger charge is 2.08. The SMILES string of the molecule is NC(CCc1ccc([N+](=O)[O-])cc1)Cc1ccccc1Br. The Bertz CT molecular complexity index is 614. The Morgan fingerprint density at radius 3 is 2.43 bits per heavy atom. The highest BCUT2D eigenvalue weighted by molar-refractivity contribution is 9.10. The van der Waals surface area contributed by atoms with Crippen molar-refractivity contribution in [3.05, 3.63) is 74.2 Å². The Morgan fingerprint density at radius 1 is 1.14 bits per heavy atom. The number of benzene rings is 2. The van der Waals surface area contributed by atoms with E-state index in [-0.39, 0.29) is 16.7 Å². The number of nitrogens with zero attached hydrogens (tertiary/aromatic N) is 1. The van der Waals surface area contributed by atoms with Crippen molar-refractivity contribution < 1.29 is 4.92 Å². The van der Waals surface area contributed by atoms with Gasteiger partial charge in [0, 0.05) is 22.6 Å². The number of nitrogens with two attached hydrogens (primary N) is 1. The van der Waals surface area contributed by atoms with Gasteiger partial charge in [0.1, 0.15) is 0 Å². The molecular formula is C16H17BrN2O2. The second-order valence-corrected chi connectivity index (χ2v) is 5.87. The molecule has 0 amide bonds. The van der Waals surface area contributed by atoms with Gasteiger partial charge in [0.25, 0.3) is 5.69 Å². The van der Waals surface area contributed by atoms with E-state index in [2.05, 4.69) is 22.0 Å². The topological polar surface area (TPSA) is 69.2 Å². The van der Waals surface area contributed by atoms with Crippen molar-refractivity contribution in [3.63, 3.8) is 0 Å². The normalized spacial score (nSPS) is 12.1. The molecule has 2 N–H and O–H groups in total. The summed E-state index contributed by atoms with van der Waals surface area (Å²) in [6.45, 7) is 0. The highest BCUT2D eigenvalue weighted by atomic mass is 79.9. The number of nitro groups is 1. The second-order valence-electron chi connectivity index (χ2n) is 5.02.